The van der Waals surface area contributed by atoms with Crippen LogP contribution in [0, 0.1) is 5.41 Å². The minimum absolute atomic E-state index is 0.111. The van der Waals surface area contributed by atoms with Crippen molar-refractivity contribution < 1.29 is 5.11 Å². The Balaban J connectivity index is 2.78. The molecule has 0 fully saturated rings. The highest BCUT2D eigenvalue weighted by atomic mass is 16.3. The molecule has 0 saturated carbocycles. The second-order valence-corrected chi connectivity index (χ2v) is 6.65. The number of anilines is 1. The molecule has 1 aromatic rings. The van der Waals surface area contributed by atoms with E-state index in [1.165, 1.54) is 0 Å². The number of aliphatic imine (C=N–C) groups is 1. The van der Waals surface area contributed by atoms with Crippen molar-refractivity contribution in [3.8, 4) is 0 Å². The topological polar surface area (TPSA) is 72.8 Å². The van der Waals surface area contributed by atoms with Crippen molar-refractivity contribution in [1.82, 2.24) is 15.6 Å². The third-order valence-electron chi connectivity index (χ3n) is 4.81. The summed E-state index contributed by atoms with van der Waals surface area (Å²) in [6.07, 6.45) is 4.70. The van der Waals surface area contributed by atoms with Crippen LogP contribution in [0.5, 0.6) is 0 Å². The first kappa shape index (κ1) is 21.2. The van der Waals surface area contributed by atoms with Gasteiger partial charge < -0.3 is 20.6 Å². The van der Waals surface area contributed by atoms with Crippen LogP contribution in [0.25, 0.3) is 0 Å². The number of nitrogens with one attached hydrogen (secondary N) is 2. The molecule has 0 atom stereocenters. The molecule has 1 rings (SSSR count). The smallest absolute Gasteiger partial charge is 0.191 e. The quantitative estimate of drug-likeness (QED) is 0.447. The van der Waals surface area contributed by atoms with Gasteiger partial charge in [-0.2, -0.15) is 0 Å². The number of hydrogen-bond acceptors (Lipinski definition) is 4. The summed E-state index contributed by atoms with van der Waals surface area (Å²) < 4.78 is 0. The predicted octanol–water partition coefficient (Wildman–Crippen LogP) is 2.39. The summed E-state index contributed by atoms with van der Waals surface area (Å²) in [4.78, 5) is 11.0. The van der Waals surface area contributed by atoms with Crippen LogP contribution < -0.4 is 15.5 Å². The number of aliphatic hydroxyl groups is 1. The fourth-order valence-electron chi connectivity index (χ4n) is 2.77. The van der Waals surface area contributed by atoms with Gasteiger partial charge in [0.2, 0.25) is 0 Å². The summed E-state index contributed by atoms with van der Waals surface area (Å²) in [6, 6.07) is 4.05. The SMILES string of the molecule is CCNC(=NCc1ccnc(N(C)C)c1)NCC(CC)(CC)CCO. The Morgan fingerprint density at radius 3 is 2.52 bits per heavy atom. The molecule has 0 unspecified atom stereocenters. The number of pyridine rings is 1. The lowest BCUT2D eigenvalue weighted by Gasteiger charge is -2.32. The monoisotopic (exact) mass is 349 g/mol. The Kier molecular flexibility index (Phi) is 9.27. The normalized spacial score (nSPS) is 12.2. The molecular weight excluding hydrogens is 314 g/mol. The molecular formula is C19H35N5O. The van der Waals surface area contributed by atoms with E-state index >= 15 is 0 Å². The molecule has 6 heteroatoms. The summed E-state index contributed by atoms with van der Waals surface area (Å²) in [5, 5.41) is 16.1. The summed E-state index contributed by atoms with van der Waals surface area (Å²) >= 11 is 0. The Bertz CT molecular complexity index is 526. The molecule has 1 aromatic heterocycles. The van der Waals surface area contributed by atoms with Gasteiger partial charge in [0.05, 0.1) is 6.54 Å². The van der Waals surface area contributed by atoms with Crippen LogP contribution in [0.2, 0.25) is 0 Å². The fraction of sp³-hybridized carbons (Fsp3) is 0.684. The summed E-state index contributed by atoms with van der Waals surface area (Å²) in [6.45, 7) is 8.89. The van der Waals surface area contributed by atoms with E-state index in [1.54, 1.807) is 0 Å². The maximum Gasteiger partial charge on any atom is 0.191 e. The van der Waals surface area contributed by atoms with Crippen molar-refractivity contribution in [2.75, 3.05) is 38.7 Å². The highest BCUT2D eigenvalue weighted by Gasteiger charge is 2.25. The van der Waals surface area contributed by atoms with E-state index in [4.69, 9.17) is 4.99 Å². The van der Waals surface area contributed by atoms with Gasteiger partial charge in [-0.3, -0.25) is 0 Å². The lowest BCUT2D eigenvalue weighted by Crippen LogP contribution is -2.43. The van der Waals surface area contributed by atoms with E-state index in [9.17, 15) is 5.11 Å². The highest BCUT2D eigenvalue weighted by Crippen LogP contribution is 2.29. The zero-order chi connectivity index (χ0) is 18.7. The summed E-state index contributed by atoms with van der Waals surface area (Å²) in [7, 11) is 3.97. The summed E-state index contributed by atoms with van der Waals surface area (Å²) in [5.41, 5.74) is 1.24. The van der Waals surface area contributed by atoms with Crippen LogP contribution in [-0.4, -0.2) is 49.8 Å². The zero-order valence-corrected chi connectivity index (χ0v) is 16.5. The van der Waals surface area contributed by atoms with Gasteiger partial charge in [0.15, 0.2) is 5.96 Å². The van der Waals surface area contributed by atoms with Crippen molar-refractivity contribution in [1.29, 1.82) is 0 Å². The maximum atomic E-state index is 9.37. The second-order valence-electron chi connectivity index (χ2n) is 6.65. The van der Waals surface area contributed by atoms with E-state index < -0.39 is 0 Å². The maximum absolute atomic E-state index is 9.37. The number of aliphatic hydroxyl groups excluding tert-OH is 1. The van der Waals surface area contributed by atoms with Crippen molar-refractivity contribution in [3.05, 3.63) is 23.9 Å². The van der Waals surface area contributed by atoms with E-state index in [0.29, 0.717) is 6.54 Å². The second kappa shape index (κ2) is 10.9. The first-order valence-corrected chi connectivity index (χ1v) is 9.25. The number of rotatable bonds is 10. The van der Waals surface area contributed by atoms with Crippen LogP contribution in [0.15, 0.2) is 23.3 Å². The van der Waals surface area contributed by atoms with Gasteiger partial charge in [-0.15, -0.1) is 0 Å². The molecule has 142 valence electrons. The molecule has 0 aliphatic heterocycles. The van der Waals surface area contributed by atoms with Crippen LogP contribution >= 0.6 is 0 Å². The first-order chi connectivity index (χ1) is 12.0. The molecule has 0 saturated heterocycles. The van der Waals surface area contributed by atoms with Gasteiger partial charge in [0, 0.05) is 40.0 Å². The highest BCUT2D eigenvalue weighted by molar-refractivity contribution is 5.79. The Morgan fingerprint density at radius 1 is 1.24 bits per heavy atom. The zero-order valence-electron chi connectivity index (χ0n) is 16.5. The van der Waals surface area contributed by atoms with E-state index in [1.807, 2.05) is 31.3 Å². The van der Waals surface area contributed by atoms with Gasteiger partial charge in [-0.25, -0.2) is 9.98 Å². The van der Waals surface area contributed by atoms with Gasteiger partial charge in [0.25, 0.3) is 0 Å². The number of hydrogen-bond donors (Lipinski definition) is 3. The van der Waals surface area contributed by atoms with E-state index in [2.05, 4.69) is 42.5 Å². The average Bonchev–Trinajstić information content (AvgIpc) is 2.63. The Labute approximate surface area is 152 Å². The molecule has 6 nitrogen and oxygen atoms in total. The van der Waals surface area contributed by atoms with Gasteiger partial charge >= 0.3 is 0 Å². The lowest BCUT2D eigenvalue weighted by molar-refractivity contribution is 0.169. The molecule has 0 bridgehead atoms. The first-order valence-electron chi connectivity index (χ1n) is 9.25. The predicted molar refractivity (Wildman–Crippen MR) is 106 cm³/mol. The molecule has 3 N–H and O–H groups in total. The number of aromatic nitrogens is 1. The molecule has 1 heterocycles. The van der Waals surface area contributed by atoms with Crippen LogP contribution in [0.3, 0.4) is 0 Å². The lowest BCUT2D eigenvalue weighted by atomic mass is 9.79. The standard InChI is InChI=1S/C19H35N5O/c1-6-19(7-2,10-12-25)15-23-18(20-8-3)22-14-16-9-11-21-17(13-16)24(4)5/h9,11,13,25H,6-8,10,12,14-15H2,1-5H3,(H2,20,22,23). The van der Waals surface area contributed by atoms with Gasteiger partial charge in [0.1, 0.15) is 5.82 Å². The minimum Gasteiger partial charge on any atom is -0.396 e. The van der Waals surface area contributed by atoms with Crippen LogP contribution in [0.4, 0.5) is 5.82 Å². The molecule has 0 aliphatic carbocycles. The van der Waals surface area contributed by atoms with Gasteiger partial charge in [-0.1, -0.05) is 13.8 Å². The van der Waals surface area contributed by atoms with Crippen LogP contribution in [-0.2, 0) is 6.54 Å². The van der Waals surface area contributed by atoms with Gasteiger partial charge in [-0.05, 0) is 49.3 Å². The molecule has 0 aliphatic rings. The van der Waals surface area contributed by atoms with E-state index in [0.717, 1.165) is 49.7 Å². The van der Waals surface area contributed by atoms with Crippen molar-refractivity contribution >= 4 is 11.8 Å². The Hall–Kier alpha value is -1.82. The molecule has 0 aromatic carbocycles. The van der Waals surface area contributed by atoms with Crippen molar-refractivity contribution in [2.45, 2.75) is 46.6 Å². The average molecular weight is 350 g/mol. The summed E-state index contributed by atoms with van der Waals surface area (Å²) in [5.74, 6) is 1.75. The number of nitrogens with zero attached hydrogens (tertiary/aromatic N) is 3. The molecule has 0 spiro atoms. The van der Waals surface area contributed by atoms with Crippen molar-refractivity contribution in [3.63, 3.8) is 0 Å². The van der Waals surface area contributed by atoms with E-state index in [-0.39, 0.29) is 12.0 Å². The molecule has 0 amide bonds. The van der Waals surface area contributed by atoms with Crippen LogP contribution in [0.1, 0.15) is 45.6 Å². The number of guanidine groups is 1. The third-order valence-corrected chi connectivity index (χ3v) is 4.81. The largest absolute Gasteiger partial charge is 0.396 e. The minimum atomic E-state index is 0.111. The van der Waals surface area contributed by atoms with Crippen molar-refractivity contribution in [2.24, 2.45) is 10.4 Å². The Morgan fingerprint density at radius 2 is 1.96 bits per heavy atom. The molecule has 0 radical (unpaired) electrons. The fourth-order valence-corrected chi connectivity index (χ4v) is 2.77. The molecule has 25 heavy (non-hydrogen) atoms. The third kappa shape index (κ3) is 6.90.